The quantitative estimate of drug-likeness (QED) is 0.426. The predicted molar refractivity (Wildman–Crippen MR) is 151 cm³/mol. The van der Waals surface area contributed by atoms with Crippen molar-refractivity contribution >= 4 is 29.5 Å². The van der Waals surface area contributed by atoms with E-state index in [4.69, 9.17) is 10.2 Å². The van der Waals surface area contributed by atoms with Gasteiger partial charge in [0.2, 0.25) is 11.8 Å². The van der Waals surface area contributed by atoms with Crippen molar-refractivity contribution in [2.45, 2.75) is 91.2 Å². The number of hydrogen-bond donors (Lipinski definition) is 3. The Kier molecular flexibility index (Phi) is 16.2. The number of nitrogens with zero attached hydrogens (tertiary/aromatic N) is 1. The Labute approximate surface area is 227 Å². The Hall–Kier alpha value is -2.06. The molecule has 2 amide bonds. The molecular formula is C29H48N2O5S. The number of carbonyl (C=O) groups excluding carboxylic acids is 2. The second kappa shape index (κ2) is 18.2. The van der Waals surface area contributed by atoms with Gasteiger partial charge in [-0.15, -0.1) is 0 Å². The van der Waals surface area contributed by atoms with Crippen LogP contribution in [-0.2, 0) is 21.0 Å². The van der Waals surface area contributed by atoms with Gasteiger partial charge in [0, 0.05) is 31.7 Å². The van der Waals surface area contributed by atoms with Crippen LogP contribution in [0.25, 0.3) is 0 Å². The molecule has 210 valence electrons. The van der Waals surface area contributed by atoms with Crippen LogP contribution < -0.4 is 5.32 Å². The number of nitrogens with one attached hydrogen (secondary N) is 1. The number of aliphatic hydroxyl groups is 1. The lowest BCUT2D eigenvalue weighted by atomic mass is 9.87. The Balaban J connectivity index is 0.000000289. The van der Waals surface area contributed by atoms with E-state index in [0.29, 0.717) is 24.0 Å². The van der Waals surface area contributed by atoms with E-state index in [2.05, 4.69) is 10.2 Å². The van der Waals surface area contributed by atoms with Gasteiger partial charge in [0.1, 0.15) is 6.04 Å². The number of carboxylic acids is 1. The molecular weight excluding hydrogens is 488 g/mol. The summed E-state index contributed by atoms with van der Waals surface area (Å²) in [5.74, 6) is 0.340. The first-order chi connectivity index (χ1) is 17.6. The fourth-order valence-electron chi connectivity index (χ4n) is 4.39. The van der Waals surface area contributed by atoms with Gasteiger partial charge in [-0.25, -0.2) is 4.79 Å². The molecule has 0 spiro atoms. The molecule has 0 radical (unpaired) electrons. The van der Waals surface area contributed by atoms with Gasteiger partial charge in [0.25, 0.3) is 0 Å². The van der Waals surface area contributed by atoms with Crippen LogP contribution in [0.1, 0.15) is 84.1 Å². The first-order valence-electron chi connectivity index (χ1n) is 13.5. The highest BCUT2D eigenvalue weighted by Gasteiger charge is 2.23. The number of carboxylic acid groups (broad SMARTS) is 1. The number of hydrogen-bond acceptors (Lipinski definition) is 5. The highest BCUT2D eigenvalue weighted by Crippen LogP contribution is 2.27. The van der Waals surface area contributed by atoms with Crippen LogP contribution in [0.4, 0.5) is 0 Å². The molecule has 1 aromatic carbocycles. The highest BCUT2D eigenvalue weighted by atomic mass is 32.2. The van der Waals surface area contributed by atoms with Crippen molar-refractivity contribution in [2.75, 3.05) is 25.1 Å². The summed E-state index contributed by atoms with van der Waals surface area (Å²) in [4.78, 5) is 36.1. The fourth-order valence-corrected chi connectivity index (χ4v) is 4.94. The van der Waals surface area contributed by atoms with E-state index >= 15 is 0 Å². The van der Waals surface area contributed by atoms with Crippen molar-refractivity contribution in [3.8, 4) is 0 Å². The van der Waals surface area contributed by atoms with E-state index in [0.717, 1.165) is 25.1 Å². The summed E-state index contributed by atoms with van der Waals surface area (Å²) < 4.78 is 0. The number of likely N-dealkylation sites (tertiary alicyclic amines) is 1. The molecule has 37 heavy (non-hydrogen) atoms. The van der Waals surface area contributed by atoms with Crippen molar-refractivity contribution in [3.05, 3.63) is 35.9 Å². The summed E-state index contributed by atoms with van der Waals surface area (Å²) in [6.07, 6.45) is 12.1. The lowest BCUT2D eigenvalue weighted by Gasteiger charge is -2.23. The number of benzene rings is 1. The maximum Gasteiger partial charge on any atom is 0.327 e. The van der Waals surface area contributed by atoms with E-state index in [9.17, 15) is 14.4 Å². The average molecular weight is 537 g/mol. The topological polar surface area (TPSA) is 107 Å². The molecule has 1 aliphatic carbocycles. The van der Waals surface area contributed by atoms with Gasteiger partial charge in [0.15, 0.2) is 0 Å². The van der Waals surface area contributed by atoms with Gasteiger partial charge in [-0.2, -0.15) is 11.8 Å². The van der Waals surface area contributed by atoms with Crippen molar-refractivity contribution < 1.29 is 24.6 Å². The van der Waals surface area contributed by atoms with E-state index < -0.39 is 12.0 Å². The second-order valence-corrected chi connectivity index (χ2v) is 12.0. The molecule has 2 fully saturated rings. The largest absolute Gasteiger partial charge is 0.480 e. The van der Waals surface area contributed by atoms with Crippen LogP contribution in [0.5, 0.6) is 0 Å². The Bertz CT molecular complexity index is 785. The van der Waals surface area contributed by atoms with E-state index in [1.807, 2.05) is 57.4 Å². The zero-order chi connectivity index (χ0) is 27.7. The molecule has 1 saturated heterocycles. The maximum absolute atomic E-state index is 11.8. The second-order valence-electron chi connectivity index (χ2n) is 11.1. The van der Waals surface area contributed by atoms with Crippen LogP contribution in [-0.4, -0.2) is 64.0 Å². The van der Waals surface area contributed by atoms with Crippen LogP contribution in [0, 0.1) is 11.3 Å². The summed E-state index contributed by atoms with van der Waals surface area (Å²) in [7, 11) is 0. The maximum atomic E-state index is 11.8. The summed E-state index contributed by atoms with van der Waals surface area (Å²) in [6, 6.07) is 8.74. The van der Waals surface area contributed by atoms with Crippen LogP contribution in [0.15, 0.2) is 30.3 Å². The molecule has 1 saturated carbocycles. The molecule has 3 rings (SSSR count). The number of amides is 2. The number of aliphatic carboxylic acids is 1. The van der Waals surface area contributed by atoms with Crippen molar-refractivity contribution in [1.29, 1.82) is 0 Å². The molecule has 1 atom stereocenters. The smallest absolute Gasteiger partial charge is 0.327 e. The lowest BCUT2D eigenvalue weighted by molar-refractivity contribution is -0.141. The molecule has 8 heteroatoms. The highest BCUT2D eigenvalue weighted by molar-refractivity contribution is 7.98. The minimum atomic E-state index is -0.980. The third-order valence-corrected chi connectivity index (χ3v) is 7.00. The summed E-state index contributed by atoms with van der Waals surface area (Å²) in [5.41, 5.74) is 0.847. The third-order valence-electron chi connectivity index (χ3n) is 6.33. The van der Waals surface area contributed by atoms with E-state index in [1.165, 1.54) is 56.7 Å². The van der Waals surface area contributed by atoms with Crippen LogP contribution in [0.3, 0.4) is 0 Å². The van der Waals surface area contributed by atoms with Gasteiger partial charge in [0.05, 0.1) is 6.61 Å². The van der Waals surface area contributed by atoms with E-state index in [1.54, 1.807) is 0 Å². The minimum Gasteiger partial charge on any atom is -0.480 e. The van der Waals surface area contributed by atoms with Crippen molar-refractivity contribution in [3.63, 3.8) is 0 Å². The van der Waals surface area contributed by atoms with Crippen LogP contribution >= 0.6 is 11.8 Å². The molecule has 1 unspecified atom stereocenters. The number of carbonyl (C=O) groups is 3. The number of rotatable bonds is 8. The molecule has 3 N–H and O–H groups in total. The molecule has 1 aromatic rings. The minimum absolute atomic E-state index is 0.119. The Morgan fingerprint density at radius 1 is 1.03 bits per heavy atom. The van der Waals surface area contributed by atoms with Gasteiger partial charge in [-0.1, -0.05) is 70.4 Å². The van der Waals surface area contributed by atoms with E-state index in [-0.39, 0.29) is 17.9 Å². The Morgan fingerprint density at radius 2 is 1.62 bits per heavy atom. The van der Waals surface area contributed by atoms with Gasteiger partial charge in [-0.05, 0) is 48.8 Å². The first-order valence-corrected chi connectivity index (χ1v) is 14.9. The van der Waals surface area contributed by atoms with Crippen LogP contribution in [0.2, 0.25) is 0 Å². The monoisotopic (exact) mass is 536 g/mol. The number of thioether (sulfide) groups is 1. The molecule has 1 heterocycles. The molecule has 0 bridgehead atoms. The lowest BCUT2D eigenvalue weighted by Crippen LogP contribution is -2.43. The van der Waals surface area contributed by atoms with Gasteiger partial charge >= 0.3 is 5.97 Å². The predicted octanol–water partition coefficient (Wildman–Crippen LogP) is 5.11. The number of aliphatic hydroxyl groups excluding tert-OH is 1. The fraction of sp³-hybridized carbons (Fsp3) is 0.690. The normalized spacial score (nSPS) is 16.5. The Morgan fingerprint density at radius 3 is 2.08 bits per heavy atom. The average Bonchev–Trinajstić information content (AvgIpc) is 3.40. The van der Waals surface area contributed by atoms with Crippen molar-refractivity contribution in [2.24, 2.45) is 11.3 Å². The molecule has 0 aromatic heterocycles. The standard InChI is InChI=1S/C12H21NO.C10H19NO3S.C7H8O/c14-12(13-8-4-5-9-13)10-11-6-2-1-3-7-11;1-10(2,3)5-8(12)11-7(6-15-4)9(13)14;8-6-7-4-2-1-3-5-7/h11H,1-10H2;7H,5-6H2,1-4H3,(H,11,12)(H,13,14);1-5,8H,6H2. The summed E-state index contributed by atoms with van der Waals surface area (Å²) >= 11 is 1.40. The zero-order valence-electron chi connectivity index (χ0n) is 23.2. The first kappa shape index (κ1) is 33.0. The molecule has 2 aliphatic rings. The molecule has 7 nitrogen and oxygen atoms in total. The summed E-state index contributed by atoms with van der Waals surface area (Å²) in [6.45, 7) is 8.00. The zero-order valence-corrected chi connectivity index (χ0v) is 24.0. The summed E-state index contributed by atoms with van der Waals surface area (Å²) in [5, 5.41) is 19.9. The molecule has 1 aliphatic heterocycles. The third kappa shape index (κ3) is 15.7. The van der Waals surface area contributed by atoms with Crippen molar-refractivity contribution in [1.82, 2.24) is 10.2 Å². The van der Waals surface area contributed by atoms with Gasteiger partial charge < -0.3 is 20.4 Å². The van der Waals surface area contributed by atoms with Gasteiger partial charge in [-0.3, -0.25) is 9.59 Å². The SMILES string of the molecule is CSCC(NC(=O)CC(C)(C)C)C(=O)O.O=C(CC1CCCCC1)N1CCCC1.OCc1ccccc1.